The first kappa shape index (κ1) is 21.8. The zero-order chi connectivity index (χ0) is 23.2. The predicted octanol–water partition coefficient (Wildman–Crippen LogP) is 4.64. The Hall–Kier alpha value is -4.37. The van der Waals surface area contributed by atoms with E-state index in [9.17, 15) is 9.59 Å². The molecule has 4 N–H and O–H groups in total. The van der Waals surface area contributed by atoms with Crippen LogP contribution in [0.2, 0.25) is 5.02 Å². The number of anilines is 2. The SMILES string of the molecule is NC(=O)c1c(Nc2cccc(Cl)c2)n[nH]c1/N=C/c1cccn1C(=O)OCc1ccccc1. The van der Waals surface area contributed by atoms with E-state index < -0.39 is 12.0 Å². The van der Waals surface area contributed by atoms with Crippen molar-refractivity contribution in [2.45, 2.75) is 6.61 Å². The van der Waals surface area contributed by atoms with Crippen LogP contribution in [-0.4, -0.2) is 33.0 Å². The van der Waals surface area contributed by atoms with Crippen molar-refractivity contribution in [3.63, 3.8) is 0 Å². The molecule has 0 saturated heterocycles. The van der Waals surface area contributed by atoms with E-state index in [-0.39, 0.29) is 23.8 Å². The van der Waals surface area contributed by atoms with Gasteiger partial charge in [0.05, 0.1) is 11.9 Å². The molecule has 0 spiro atoms. The van der Waals surface area contributed by atoms with Crippen molar-refractivity contribution in [1.29, 1.82) is 0 Å². The van der Waals surface area contributed by atoms with E-state index in [4.69, 9.17) is 22.1 Å². The summed E-state index contributed by atoms with van der Waals surface area (Å²) in [6.45, 7) is 0.138. The highest BCUT2D eigenvalue weighted by atomic mass is 35.5. The Kier molecular flexibility index (Phi) is 6.51. The van der Waals surface area contributed by atoms with Gasteiger partial charge in [0.2, 0.25) is 0 Å². The highest BCUT2D eigenvalue weighted by Gasteiger charge is 2.18. The molecule has 33 heavy (non-hydrogen) atoms. The highest BCUT2D eigenvalue weighted by molar-refractivity contribution is 6.30. The van der Waals surface area contributed by atoms with Gasteiger partial charge >= 0.3 is 6.09 Å². The Morgan fingerprint density at radius 1 is 1.15 bits per heavy atom. The molecule has 0 saturated carbocycles. The summed E-state index contributed by atoms with van der Waals surface area (Å²) >= 11 is 6.00. The summed E-state index contributed by atoms with van der Waals surface area (Å²) in [5.41, 5.74) is 7.56. The molecule has 0 aliphatic heterocycles. The van der Waals surface area contributed by atoms with Gasteiger partial charge in [0.25, 0.3) is 5.91 Å². The summed E-state index contributed by atoms with van der Waals surface area (Å²) in [5.74, 6) is -0.384. The van der Waals surface area contributed by atoms with E-state index >= 15 is 0 Å². The monoisotopic (exact) mass is 462 g/mol. The summed E-state index contributed by atoms with van der Waals surface area (Å²) in [4.78, 5) is 28.8. The minimum atomic E-state index is -0.724. The minimum Gasteiger partial charge on any atom is -0.444 e. The number of benzene rings is 2. The van der Waals surface area contributed by atoms with Crippen LogP contribution in [0.4, 0.5) is 22.1 Å². The van der Waals surface area contributed by atoms with E-state index in [1.807, 2.05) is 30.3 Å². The third-order valence-corrected chi connectivity index (χ3v) is 4.82. The zero-order valence-corrected chi connectivity index (χ0v) is 18.0. The van der Waals surface area contributed by atoms with E-state index in [2.05, 4.69) is 20.5 Å². The molecular weight excluding hydrogens is 444 g/mol. The maximum Gasteiger partial charge on any atom is 0.418 e. The second-order valence-corrected chi connectivity index (χ2v) is 7.33. The molecule has 0 aliphatic rings. The Balaban J connectivity index is 1.51. The van der Waals surface area contributed by atoms with Gasteiger partial charge < -0.3 is 15.8 Å². The van der Waals surface area contributed by atoms with Crippen molar-refractivity contribution in [3.05, 3.63) is 94.8 Å². The first-order chi connectivity index (χ1) is 16.0. The van der Waals surface area contributed by atoms with Crippen molar-refractivity contribution < 1.29 is 14.3 Å². The maximum atomic E-state index is 12.5. The van der Waals surface area contributed by atoms with E-state index in [0.29, 0.717) is 16.4 Å². The van der Waals surface area contributed by atoms with E-state index in [1.54, 1.807) is 42.6 Å². The summed E-state index contributed by atoms with van der Waals surface area (Å²) < 4.78 is 6.66. The summed E-state index contributed by atoms with van der Waals surface area (Å²) in [5, 5.41) is 10.3. The van der Waals surface area contributed by atoms with Gasteiger partial charge in [-0.25, -0.2) is 9.79 Å². The van der Waals surface area contributed by atoms with Gasteiger partial charge in [-0.15, -0.1) is 0 Å². The standard InChI is InChI=1S/C23H19ClN6O3/c24-16-8-4-9-17(12-16)27-22-19(20(25)31)21(28-29-22)26-13-18-10-5-11-30(18)23(32)33-14-15-6-2-1-3-7-15/h1-13H,14H2,(H2,25,31)(H2,27,28,29)/b26-13+. The summed E-state index contributed by atoms with van der Waals surface area (Å²) in [7, 11) is 0. The van der Waals surface area contributed by atoms with Crippen LogP contribution in [0.5, 0.6) is 0 Å². The highest BCUT2D eigenvalue weighted by Crippen LogP contribution is 2.27. The Bertz CT molecular complexity index is 1310. The second kappa shape index (κ2) is 9.84. The number of ether oxygens (including phenoxy) is 1. The third-order valence-electron chi connectivity index (χ3n) is 4.59. The number of rotatable bonds is 7. The number of hydrogen-bond acceptors (Lipinski definition) is 6. The first-order valence-electron chi connectivity index (χ1n) is 9.84. The lowest BCUT2D eigenvalue weighted by Crippen LogP contribution is -2.15. The predicted molar refractivity (Wildman–Crippen MR) is 126 cm³/mol. The number of H-pyrrole nitrogens is 1. The molecule has 0 radical (unpaired) electrons. The third kappa shape index (κ3) is 5.28. The molecule has 10 heteroatoms. The molecular formula is C23H19ClN6O3. The lowest BCUT2D eigenvalue weighted by Gasteiger charge is -2.07. The van der Waals surface area contributed by atoms with Crippen LogP contribution < -0.4 is 11.1 Å². The quantitative estimate of drug-likeness (QED) is 0.345. The Morgan fingerprint density at radius 3 is 2.73 bits per heavy atom. The molecule has 0 bridgehead atoms. The largest absolute Gasteiger partial charge is 0.444 e. The minimum absolute atomic E-state index is 0.0657. The molecule has 0 unspecified atom stereocenters. The van der Waals surface area contributed by atoms with Crippen LogP contribution in [0.3, 0.4) is 0 Å². The molecule has 1 amide bonds. The molecule has 0 atom stereocenters. The molecule has 4 rings (SSSR count). The van der Waals surface area contributed by atoms with Crippen LogP contribution in [0, 0.1) is 0 Å². The van der Waals surface area contributed by atoms with Crippen molar-refractivity contribution in [2.75, 3.05) is 5.32 Å². The van der Waals surface area contributed by atoms with Crippen LogP contribution in [0.1, 0.15) is 21.6 Å². The average Bonchev–Trinajstić information content (AvgIpc) is 3.43. The van der Waals surface area contributed by atoms with Crippen LogP contribution in [0.25, 0.3) is 0 Å². The Labute approximate surface area is 193 Å². The van der Waals surface area contributed by atoms with Gasteiger partial charge in [-0.05, 0) is 35.9 Å². The zero-order valence-electron chi connectivity index (χ0n) is 17.2. The lowest BCUT2D eigenvalue weighted by molar-refractivity contribution is 0.100. The number of aromatic amines is 1. The number of primary amides is 1. The smallest absolute Gasteiger partial charge is 0.418 e. The topological polar surface area (TPSA) is 127 Å². The number of halogens is 1. The normalized spacial score (nSPS) is 10.9. The number of carbonyl (C=O) groups is 2. The number of amides is 1. The number of nitrogens with two attached hydrogens (primary N) is 1. The van der Waals surface area contributed by atoms with Crippen molar-refractivity contribution in [3.8, 4) is 0 Å². The van der Waals surface area contributed by atoms with Crippen molar-refractivity contribution >= 4 is 47.1 Å². The van der Waals surface area contributed by atoms with Crippen LogP contribution in [0.15, 0.2) is 77.9 Å². The molecule has 2 aromatic heterocycles. The number of aromatic nitrogens is 3. The van der Waals surface area contributed by atoms with Gasteiger partial charge in [0, 0.05) is 16.9 Å². The summed E-state index contributed by atoms with van der Waals surface area (Å²) in [6.07, 6.45) is 2.41. The molecule has 0 aliphatic carbocycles. The average molecular weight is 463 g/mol. The van der Waals surface area contributed by atoms with Gasteiger partial charge in [-0.2, -0.15) is 5.10 Å². The second-order valence-electron chi connectivity index (χ2n) is 6.90. The maximum absolute atomic E-state index is 12.5. The van der Waals surface area contributed by atoms with E-state index in [0.717, 1.165) is 5.56 Å². The number of carbonyl (C=O) groups excluding carboxylic acids is 2. The molecule has 9 nitrogen and oxygen atoms in total. The fourth-order valence-electron chi connectivity index (χ4n) is 3.04. The van der Waals surface area contributed by atoms with Crippen molar-refractivity contribution in [1.82, 2.24) is 14.8 Å². The number of hydrogen-bond donors (Lipinski definition) is 3. The Morgan fingerprint density at radius 2 is 1.97 bits per heavy atom. The van der Waals surface area contributed by atoms with Crippen LogP contribution >= 0.6 is 11.6 Å². The fraction of sp³-hybridized carbons (Fsp3) is 0.0435. The number of nitrogens with zero attached hydrogens (tertiary/aromatic N) is 3. The molecule has 166 valence electrons. The van der Waals surface area contributed by atoms with Gasteiger partial charge in [0.1, 0.15) is 12.2 Å². The summed E-state index contributed by atoms with van der Waals surface area (Å²) in [6, 6.07) is 19.6. The van der Waals surface area contributed by atoms with Gasteiger partial charge in [-0.3, -0.25) is 14.5 Å². The molecule has 0 fully saturated rings. The molecule has 2 heterocycles. The number of nitrogens with one attached hydrogen (secondary N) is 2. The molecule has 2 aromatic carbocycles. The number of aliphatic imine (C=N–C) groups is 1. The van der Waals surface area contributed by atoms with Crippen LogP contribution in [-0.2, 0) is 11.3 Å². The van der Waals surface area contributed by atoms with Gasteiger partial charge in [0.15, 0.2) is 11.6 Å². The van der Waals surface area contributed by atoms with E-state index in [1.165, 1.54) is 10.8 Å². The van der Waals surface area contributed by atoms with Gasteiger partial charge in [-0.1, -0.05) is 48.0 Å². The first-order valence-corrected chi connectivity index (χ1v) is 10.2. The van der Waals surface area contributed by atoms with Crippen molar-refractivity contribution in [2.24, 2.45) is 10.7 Å². The fourth-order valence-corrected chi connectivity index (χ4v) is 3.23. The molecule has 4 aromatic rings. The lowest BCUT2D eigenvalue weighted by atomic mass is 10.2.